The third-order valence-corrected chi connectivity index (χ3v) is 10.8. The molecule has 1 aromatic rings. The van der Waals surface area contributed by atoms with Crippen LogP contribution < -0.4 is 14.7 Å². The maximum atomic E-state index is 12.8. The number of carbonyl (C=O) groups excluding carboxylic acids is 6. The van der Waals surface area contributed by atoms with E-state index in [1.165, 1.54) is 0 Å². The van der Waals surface area contributed by atoms with Crippen LogP contribution in [-0.4, -0.2) is 130 Å². The first-order valence-corrected chi connectivity index (χ1v) is 25.0. The fraction of sp³-hybridized carbons (Fsp3) is 0.632. The molecule has 0 bridgehead atoms. The molecule has 0 aliphatic rings. The number of carbonyl (C=O) groups is 6. The number of hydrogen-bond acceptors (Lipinski definition) is 18. The van der Waals surface area contributed by atoms with Crippen molar-refractivity contribution >= 4 is 53.7 Å². The summed E-state index contributed by atoms with van der Waals surface area (Å²) < 4.78 is 34.3. The van der Waals surface area contributed by atoms with E-state index in [-0.39, 0.29) is 130 Å². The third-order valence-electron chi connectivity index (χ3n) is 10.8. The first kappa shape index (κ1) is 66.7. The second-order valence-electron chi connectivity index (χ2n) is 24.9. The molecule has 0 unspecified atom stereocenters. The second-order valence-corrected chi connectivity index (χ2v) is 24.9. The van der Waals surface area contributed by atoms with E-state index in [1.807, 2.05) is 97.8 Å². The van der Waals surface area contributed by atoms with Crippen molar-refractivity contribution in [2.24, 2.45) is 32.5 Å². The van der Waals surface area contributed by atoms with E-state index in [4.69, 9.17) is 43.4 Å². The van der Waals surface area contributed by atoms with Crippen molar-refractivity contribution in [1.29, 1.82) is 0 Å². The number of ether oxygens (including phenoxy) is 6. The van der Waals surface area contributed by atoms with Gasteiger partial charge in [-0.3, -0.25) is 0 Å². The molecule has 0 atom stereocenters. The van der Waals surface area contributed by atoms with Crippen LogP contribution in [0.5, 0.6) is 0 Å². The zero-order valence-corrected chi connectivity index (χ0v) is 48.8. The fourth-order valence-electron chi connectivity index (χ4n) is 7.04. The van der Waals surface area contributed by atoms with Crippen LogP contribution in [0.4, 0.5) is 17.8 Å². The van der Waals surface area contributed by atoms with E-state index in [0.717, 1.165) is 0 Å². The van der Waals surface area contributed by atoms with Gasteiger partial charge in [0.1, 0.15) is 0 Å². The molecule has 420 valence electrons. The van der Waals surface area contributed by atoms with E-state index in [2.05, 4.69) is 39.5 Å². The molecule has 1 rings (SSSR count). The van der Waals surface area contributed by atoms with Crippen LogP contribution in [0.15, 0.2) is 72.9 Å². The van der Waals surface area contributed by atoms with Gasteiger partial charge in [0.05, 0.1) is 39.6 Å². The molecule has 0 N–H and O–H groups in total. The van der Waals surface area contributed by atoms with Gasteiger partial charge in [0.25, 0.3) is 0 Å². The molecular weight excluding hydrogens is 961 g/mol. The molecule has 0 amide bonds. The second kappa shape index (κ2) is 27.5. The maximum Gasteiger partial charge on any atom is 0.333 e. The van der Waals surface area contributed by atoms with Crippen molar-refractivity contribution in [1.82, 2.24) is 15.0 Å². The Morgan fingerprint density at radius 2 is 0.427 bits per heavy atom. The van der Waals surface area contributed by atoms with Crippen molar-refractivity contribution in [3.63, 3.8) is 0 Å². The normalized spacial score (nSPS) is 12.1. The molecule has 0 fully saturated rings. The van der Waals surface area contributed by atoms with Crippen molar-refractivity contribution in [3.05, 3.63) is 72.9 Å². The molecular formula is C57H90N6O12. The first-order chi connectivity index (χ1) is 34.0. The van der Waals surface area contributed by atoms with Crippen LogP contribution in [0.1, 0.15) is 125 Å². The number of anilines is 3. The third kappa shape index (κ3) is 25.2. The van der Waals surface area contributed by atoms with E-state index < -0.39 is 68.3 Å². The Bertz CT molecular complexity index is 1930. The summed E-state index contributed by atoms with van der Waals surface area (Å²) in [5.74, 6) is -2.80. The zero-order valence-electron chi connectivity index (χ0n) is 48.8. The Hall–Kier alpha value is -6.33. The molecule has 0 aromatic carbocycles. The topological polar surface area (TPSA) is 206 Å². The zero-order chi connectivity index (χ0) is 58.2. The maximum absolute atomic E-state index is 12.8. The van der Waals surface area contributed by atoms with Gasteiger partial charge in [0, 0.05) is 105 Å². The van der Waals surface area contributed by atoms with Crippen LogP contribution in [0.25, 0.3) is 0 Å². The molecule has 75 heavy (non-hydrogen) atoms. The van der Waals surface area contributed by atoms with Gasteiger partial charge in [-0.2, -0.15) is 15.0 Å². The highest BCUT2D eigenvalue weighted by Gasteiger charge is 2.37. The Morgan fingerprint density at radius 1 is 0.307 bits per heavy atom. The highest BCUT2D eigenvalue weighted by atomic mass is 16.6. The highest BCUT2D eigenvalue weighted by Crippen LogP contribution is 2.34. The van der Waals surface area contributed by atoms with Gasteiger partial charge < -0.3 is 43.1 Å². The minimum Gasteiger partial charge on any atom is -0.462 e. The van der Waals surface area contributed by atoms with E-state index in [1.54, 1.807) is 41.5 Å². The molecule has 0 saturated heterocycles. The van der Waals surface area contributed by atoms with Gasteiger partial charge in [-0.25, -0.2) is 28.8 Å². The number of esters is 6. The van der Waals surface area contributed by atoms with Crippen molar-refractivity contribution in [2.75, 3.05) is 93.6 Å². The van der Waals surface area contributed by atoms with Gasteiger partial charge in [0.15, 0.2) is 0 Å². The van der Waals surface area contributed by atoms with Crippen LogP contribution >= 0.6 is 0 Å². The molecule has 1 aromatic heterocycles. The largest absolute Gasteiger partial charge is 0.462 e. The lowest BCUT2D eigenvalue weighted by Crippen LogP contribution is -2.48. The number of nitrogens with zero attached hydrogens (tertiary/aromatic N) is 6. The van der Waals surface area contributed by atoms with Gasteiger partial charge in [-0.05, 0) is 41.5 Å². The van der Waals surface area contributed by atoms with E-state index in [0.29, 0.717) is 0 Å². The average Bonchev–Trinajstić information content (AvgIpc) is 3.27. The molecule has 0 spiro atoms. The molecule has 0 aliphatic carbocycles. The SMILES string of the molecule is C=C(C)C(=O)OCC(C)(C)CN(CC(C)(C)COC(=O)C(=C)C)c1nc(N(CC(C)(C)COC(=O)C(=C)C)CC(C)(C)COC(=O)C(=C)C)nc(N(CC(C)(C)COC(=O)C(=C)C)CC(C)(C)COC(=O)C(=C)C)n1. The van der Waals surface area contributed by atoms with Crippen molar-refractivity contribution in [3.8, 4) is 0 Å². The lowest BCUT2D eigenvalue weighted by molar-refractivity contribution is -0.142. The summed E-state index contributed by atoms with van der Waals surface area (Å²) in [6.07, 6.45) is 0. The number of hydrogen-bond donors (Lipinski definition) is 0. The monoisotopic (exact) mass is 1050 g/mol. The Balaban J connectivity index is 4.67. The minimum absolute atomic E-state index is 0.0221. The fourth-order valence-corrected chi connectivity index (χ4v) is 7.04. The highest BCUT2D eigenvalue weighted by molar-refractivity contribution is 5.89. The van der Waals surface area contributed by atoms with Crippen molar-refractivity contribution in [2.45, 2.75) is 125 Å². The van der Waals surface area contributed by atoms with Gasteiger partial charge in [0.2, 0.25) is 17.8 Å². The predicted octanol–water partition coefficient (Wildman–Crippen LogP) is 9.16. The molecule has 0 aliphatic heterocycles. The van der Waals surface area contributed by atoms with Crippen LogP contribution in [-0.2, 0) is 57.2 Å². The van der Waals surface area contributed by atoms with Gasteiger partial charge in [-0.15, -0.1) is 0 Å². The molecule has 18 nitrogen and oxygen atoms in total. The Labute approximate surface area is 448 Å². The predicted molar refractivity (Wildman–Crippen MR) is 294 cm³/mol. The van der Waals surface area contributed by atoms with Crippen LogP contribution in [0, 0.1) is 32.5 Å². The number of rotatable bonds is 33. The van der Waals surface area contributed by atoms with Crippen molar-refractivity contribution < 1.29 is 57.2 Å². The average molecular weight is 1050 g/mol. The molecule has 1 heterocycles. The first-order valence-electron chi connectivity index (χ1n) is 25.0. The van der Waals surface area contributed by atoms with E-state index >= 15 is 0 Å². The number of aromatic nitrogens is 3. The lowest BCUT2D eigenvalue weighted by atomic mass is 9.90. The van der Waals surface area contributed by atoms with Gasteiger partial charge in [-0.1, -0.05) is 123 Å². The summed E-state index contributed by atoms with van der Waals surface area (Å²) in [4.78, 5) is 98.2. The summed E-state index contributed by atoms with van der Waals surface area (Å²) in [7, 11) is 0. The summed E-state index contributed by atoms with van der Waals surface area (Å²) in [5.41, 5.74) is -3.19. The molecule has 0 radical (unpaired) electrons. The molecule has 0 saturated carbocycles. The molecule has 18 heteroatoms. The standard InChI is InChI=1S/C57H90N6O12/c1-37(2)43(64)70-31-52(13,14)25-61(26-53(15,16)32-71-44(65)38(3)4)49-58-50(62(27-54(17,18)33-72-45(66)39(5)6)28-55(19,20)34-73-46(67)40(7)8)60-51(59-49)63(29-56(21,22)35-74-47(68)41(9)10)30-57(23,24)36-75-48(69)42(11)12/h1,3,5,7,9,11,25-36H2,2,4,6,8,10,12-24H3. The summed E-state index contributed by atoms with van der Waals surface area (Å²) in [6, 6.07) is 0. The quantitative estimate of drug-likeness (QED) is 0.0365. The minimum atomic E-state index is -0.767. The smallest absolute Gasteiger partial charge is 0.333 e. The summed E-state index contributed by atoms with van der Waals surface area (Å²) in [5, 5.41) is 0. The Kier molecular flexibility index (Phi) is 24.4. The van der Waals surface area contributed by atoms with Crippen LogP contribution in [0.2, 0.25) is 0 Å². The van der Waals surface area contributed by atoms with E-state index in [9.17, 15) is 28.8 Å². The van der Waals surface area contributed by atoms with Gasteiger partial charge >= 0.3 is 35.8 Å². The Morgan fingerprint density at radius 3 is 0.533 bits per heavy atom. The summed E-state index contributed by atoms with van der Waals surface area (Å²) >= 11 is 0. The summed E-state index contributed by atoms with van der Waals surface area (Å²) in [6.45, 7) is 55.9. The lowest BCUT2D eigenvalue weighted by Gasteiger charge is -2.41. The van der Waals surface area contributed by atoms with Crippen LogP contribution in [0.3, 0.4) is 0 Å².